The van der Waals surface area contributed by atoms with E-state index < -0.39 is 6.10 Å². The SMILES string of the molecule is OC1=CC=C(C(O)CNCCOc2ccc3c(c2)oc2ccccc23)CC1. The van der Waals surface area contributed by atoms with Gasteiger partial charge in [-0.15, -0.1) is 0 Å². The van der Waals surface area contributed by atoms with Crippen molar-refractivity contribution < 1.29 is 19.4 Å². The molecule has 1 heterocycles. The highest BCUT2D eigenvalue weighted by Gasteiger charge is 2.13. The molecule has 3 N–H and O–H groups in total. The predicted octanol–water partition coefficient (Wildman–Crippen LogP) is 4.08. The van der Waals surface area contributed by atoms with Gasteiger partial charge < -0.3 is 24.7 Å². The number of aliphatic hydroxyl groups excluding tert-OH is 2. The van der Waals surface area contributed by atoms with Gasteiger partial charge in [0.2, 0.25) is 0 Å². The molecule has 3 aromatic rings. The van der Waals surface area contributed by atoms with Crippen LogP contribution in [-0.2, 0) is 0 Å². The van der Waals surface area contributed by atoms with Crippen LogP contribution in [0.2, 0.25) is 0 Å². The first kappa shape index (κ1) is 17.6. The van der Waals surface area contributed by atoms with Crippen LogP contribution < -0.4 is 10.1 Å². The fraction of sp³-hybridized carbons (Fsp3) is 0.273. The lowest BCUT2D eigenvalue weighted by molar-refractivity contribution is 0.197. The van der Waals surface area contributed by atoms with Gasteiger partial charge >= 0.3 is 0 Å². The van der Waals surface area contributed by atoms with E-state index in [2.05, 4.69) is 11.4 Å². The van der Waals surface area contributed by atoms with E-state index in [1.54, 1.807) is 12.2 Å². The van der Waals surface area contributed by atoms with Gasteiger partial charge in [0.25, 0.3) is 0 Å². The van der Waals surface area contributed by atoms with Gasteiger partial charge in [0.05, 0.1) is 11.9 Å². The normalized spacial score (nSPS) is 15.6. The lowest BCUT2D eigenvalue weighted by Gasteiger charge is -2.18. The maximum atomic E-state index is 10.2. The molecule has 1 atom stereocenters. The molecule has 0 saturated heterocycles. The van der Waals surface area contributed by atoms with Gasteiger partial charge in [-0.3, -0.25) is 0 Å². The first-order valence-corrected chi connectivity index (χ1v) is 9.22. The lowest BCUT2D eigenvalue weighted by Crippen LogP contribution is -2.31. The molecule has 0 bridgehead atoms. The Balaban J connectivity index is 1.27. The van der Waals surface area contributed by atoms with Gasteiger partial charge in [-0.2, -0.15) is 0 Å². The van der Waals surface area contributed by atoms with Crippen molar-refractivity contribution in [2.45, 2.75) is 18.9 Å². The Kier molecular flexibility index (Phi) is 5.14. The van der Waals surface area contributed by atoms with Crippen LogP contribution in [0.1, 0.15) is 12.8 Å². The summed E-state index contributed by atoms with van der Waals surface area (Å²) in [6.45, 7) is 1.59. The van der Waals surface area contributed by atoms with Crippen molar-refractivity contribution >= 4 is 21.9 Å². The highest BCUT2D eigenvalue weighted by molar-refractivity contribution is 6.05. The van der Waals surface area contributed by atoms with Crippen molar-refractivity contribution in [3.63, 3.8) is 0 Å². The topological polar surface area (TPSA) is 74.9 Å². The Labute approximate surface area is 157 Å². The van der Waals surface area contributed by atoms with Crippen molar-refractivity contribution in [2.75, 3.05) is 19.7 Å². The van der Waals surface area contributed by atoms with E-state index >= 15 is 0 Å². The Morgan fingerprint density at radius 2 is 1.89 bits per heavy atom. The Morgan fingerprint density at radius 1 is 1.04 bits per heavy atom. The molecule has 1 unspecified atom stereocenters. The zero-order chi connectivity index (χ0) is 18.6. The molecular weight excluding hydrogens is 342 g/mol. The molecule has 1 aliphatic carbocycles. The van der Waals surface area contributed by atoms with E-state index in [1.165, 1.54) is 0 Å². The number of aliphatic hydroxyl groups is 2. The number of rotatable bonds is 7. The Morgan fingerprint density at radius 3 is 2.74 bits per heavy atom. The number of hydrogen-bond acceptors (Lipinski definition) is 5. The molecule has 0 spiro atoms. The molecule has 27 heavy (non-hydrogen) atoms. The van der Waals surface area contributed by atoms with Crippen molar-refractivity contribution in [2.24, 2.45) is 0 Å². The summed E-state index contributed by atoms with van der Waals surface area (Å²) in [5.74, 6) is 1.13. The smallest absolute Gasteiger partial charge is 0.139 e. The molecule has 140 valence electrons. The first-order valence-electron chi connectivity index (χ1n) is 9.22. The molecule has 0 aliphatic heterocycles. The molecule has 1 aliphatic rings. The Bertz CT molecular complexity index is 1000. The molecule has 0 saturated carbocycles. The minimum Gasteiger partial charge on any atom is -0.512 e. The average molecular weight is 365 g/mol. The van der Waals surface area contributed by atoms with Crippen molar-refractivity contribution in [3.8, 4) is 5.75 Å². The number of allylic oxidation sites excluding steroid dienone is 3. The number of nitrogens with one attached hydrogen (secondary N) is 1. The molecule has 5 nitrogen and oxygen atoms in total. The maximum absolute atomic E-state index is 10.2. The van der Waals surface area contributed by atoms with Gasteiger partial charge in [0.15, 0.2) is 0 Å². The summed E-state index contributed by atoms with van der Waals surface area (Å²) in [6, 6.07) is 13.9. The van der Waals surface area contributed by atoms with E-state index in [0.717, 1.165) is 33.3 Å². The molecule has 2 aromatic carbocycles. The predicted molar refractivity (Wildman–Crippen MR) is 106 cm³/mol. The molecule has 0 fully saturated rings. The van der Waals surface area contributed by atoms with E-state index in [-0.39, 0.29) is 0 Å². The summed E-state index contributed by atoms with van der Waals surface area (Å²) >= 11 is 0. The highest BCUT2D eigenvalue weighted by Crippen LogP contribution is 2.30. The second-order valence-corrected chi connectivity index (χ2v) is 6.72. The third-order valence-corrected chi connectivity index (χ3v) is 4.82. The number of para-hydroxylation sites is 1. The summed E-state index contributed by atoms with van der Waals surface area (Å²) in [5, 5.41) is 24.9. The summed E-state index contributed by atoms with van der Waals surface area (Å²) in [5.41, 5.74) is 2.63. The highest BCUT2D eigenvalue weighted by atomic mass is 16.5. The summed E-state index contributed by atoms with van der Waals surface area (Å²) in [7, 11) is 0. The second-order valence-electron chi connectivity index (χ2n) is 6.72. The van der Waals surface area contributed by atoms with Crippen LogP contribution in [0.5, 0.6) is 5.75 Å². The average Bonchev–Trinajstić information content (AvgIpc) is 3.06. The van der Waals surface area contributed by atoms with Crippen LogP contribution in [0.25, 0.3) is 21.9 Å². The van der Waals surface area contributed by atoms with E-state index in [4.69, 9.17) is 9.15 Å². The third kappa shape index (κ3) is 3.99. The fourth-order valence-corrected chi connectivity index (χ4v) is 3.33. The number of furan rings is 1. The monoisotopic (exact) mass is 365 g/mol. The molecule has 1 aromatic heterocycles. The molecule has 5 heteroatoms. The first-order chi connectivity index (χ1) is 13.2. The largest absolute Gasteiger partial charge is 0.512 e. The van der Waals surface area contributed by atoms with Gasteiger partial charge in [-0.05, 0) is 36.3 Å². The molecule has 4 rings (SSSR count). The minimum absolute atomic E-state index is 0.369. The maximum Gasteiger partial charge on any atom is 0.139 e. The van der Waals surface area contributed by atoms with E-state index in [9.17, 15) is 10.2 Å². The van der Waals surface area contributed by atoms with Gasteiger partial charge in [0.1, 0.15) is 23.5 Å². The molecular formula is C22H23NO4. The van der Waals surface area contributed by atoms with E-state index in [0.29, 0.717) is 38.3 Å². The minimum atomic E-state index is -0.541. The number of hydrogen-bond donors (Lipinski definition) is 3. The van der Waals surface area contributed by atoms with Crippen LogP contribution in [0, 0.1) is 0 Å². The van der Waals surface area contributed by atoms with Crippen molar-refractivity contribution in [1.82, 2.24) is 5.32 Å². The van der Waals surface area contributed by atoms with Crippen LogP contribution >= 0.6 is 0 Å². The summed E-state index contributed by atoms with van der Waals surface area (Å²) in [6.07, 6.45) is 4.19. The van der Waals surface area contributed by atoms with Crippen LogP contribution in [0.3, 0.4) is 0 Å². The second kappa shape index (κ2) is 7.86. The van der Waals surface area contributed by atoms with Crippen molar-refractivity contribution in [3.05, 3.63) is 65.9 Å². The third-order valence-electron chi connectivity index (χ3n) is 4.82. The molecule has 0 radical (unpaired) electrons. The fourth-order valence-electron chi connectivity index (χ4n) is 3.33. The summed E-state index contributed by atoms with van der Waals surface area (Å²) < 4.78 is 11.7. The number of ether oxygens (including phenoxy) is 1. The zero-order valence-electron chi connectivity index (χ0n) is 15.0. The standard InChI is InChI=1S/C22H23NO4/c24-16-7-5-15(6-8-16)20(25)14-23-11-12-26-17-9-10-19-18-3-1-2-4-21(18)27-22(19)13-17/h1-5,7,9-10,13,20,23-25H,6,8,11-12,14H2. The van der Waals surface area contributed by atoms with Crippen LogP contribution in [0.15, 0.2) is 70.4 Å². The lowest BCUT2D eigenvalue weighted by atomic mass is 9.99. The van der Waals surface area contributed by atoms with Gasteiger partial charge in [-0.25, -0.2) is 0 Å². The van der Waals surface area contributed by atoms with Gasteiger partial charge in [-0.1, -0.05) is 24.3 Å². The zero-order valence-corrected chi connectivity index (χ0v) is 15.0. The van der Waals surface area contributed by atoms with Crippen molar-refractivity contribution in [1.29, 1.82) is 0 Å². The van der Waals surface area contributed by atoms with Crippen LogP contribution in [-0.4, -0.2) is 36.0 Å². The number of benzene rings is 2. The van der Waals surface area contributed by atoms with E-state index in [1.807, 2.05) is 36.4 Å². The molecule has 0 amide bonds. The Hall–Kier alpha value is -2.76. The van der Waals surface area contributed by atoms with Gasteiger partial charge in [0, 0.05) is 36.3 Å². The summed E-state index contributed by atoms with van der Waals surface area (Å²) in [4.78, 5) is 0. The van der Waals surface area contributed by atoms with Crippen LogP contribution in [0.4, 0.5) is 0 Å². The number of fused-ring (bicyclic) bond motifs is 3. The quantitative estimate of drug-likeness (QED) is 0.550.